The SMILES string of the molecule is c1ccc(-c2nc(-c3ccc4sc5ccccc5c4c3)nc(-n3c4ccccc4c4c(-c5ccccc5)c5c(cc43)c3ccccc3n5-c3ccccc3)n2)cc1. The highest BCUT2D eigenvalue weighted by Crippen LogP contribution is 2.46. The largest absolute Gasteiger partial charge is 0.309 e. The molecule has 0 aliphatic carbocycles. The van der Waals surface area contributed by atoms with Crippen LogP contribution in [-0.4, -0.2) is 24.1 Å². The maximum atomic E-state index is 5.38. The van der Waals surface area contributed by atoms with E-state index in [4.69, 9.17) is 15.0 Å². The van der Waals surface area contributed by atoms with Gasteiger partial charge in [-0.15, -0.1) is 11.3 Å². The smallest absolute Gasteiger partial charge is 0.238 e. The lowest BCUT2D eigenvalue weighted by molar-refractivity contribution is 0.954. The summed E-state index contributed by atoms with van der Waals surface area (Å²) < 4.78 is 7.19. The molecule has 0 atom stereocenters. The van der Waals surface area contributed by atoms with E-state index in [-0.39, 0.29) is 0 Å². The highest BCUT2D eigenvalue weighted by Gasteiger charge is 2.25. The van der Waals surface area contributed by atoms with Crippen LogP contribution in [0, 0.1) is 0 Å². The lowest BCUT2D eigenvalue weighted by Gasteiger charge is -2.14. The normalized spacial score (nSPS) is 11.9. The minimum atomic E-state index is 0.575. The van der Waals surface area contributed by atoms with Gasteiger partial charge in [-0.25, -0.2) is 4.98 Å². The first-order valence-corrected chi connectivity index (χ1v) is 19.9. The average molecular weight is 746 g/mol. The van der Waals surface area contributed by atoms with Gasteiger partial charge in [-0.2, -0.15) is 9.97 Å². The molecule has 0 spiro atoms. The molecule has 12 aromatic rings. The van der Waals surface area contributed by atoms with Crippen LogP contribution in [0.3, 0.4) is 0 Å². The summed E-state index contributed by atoms with van der Waals surface area (Å²) in [5, 5.41) is 7.08. The van der Waals surface area contributed by atoms with Gasteiger partial charge in [0.05, 0.1) is 22.1 Å². The zero-order chi connectivity index (χ0) is 37.5. The topological polar surface area (TPSA) is 48.5 Å². The van der Waals surface area contributed by atoms with Gasteiger partial charge in [-0.05, 0) is 60.2 Å². The molecule has 0 saturated heterocycles. The van der Waals surface area contributed by atoms with Crippen molar-refractivity contribution in [3.05, 3.63) is 188 Å². The van der Waals surface area contributed by atoms with E-state index < -0.39 is 0 Å². The summed E-state index contributed by atoms with van der Waals surface area (Å²) in [5.41, 5.74) is 9.71. The van der Waals surface area contributed by atoms with E-state index in [9.17, 15) is 0 Å². The predicted molar refractivity (Wildman–Crippen MR) is 238 cm³/mol. The van der Waals surface area contributed by atoms with Crippen molar-refractivity contribution < 1.29 is 0 Å². The molecule has 0 bridgehead atoms. The van der Waals surface area contributed by atoms with Gasteiger partial charge < -0.3 is 4.57 Å². The summed E-state index contributed by atoms with van der Waals surface area (Å²) in [6.45, 7) is 0. The number of hydrogen-bond acceptors (Lipinski definition) is 4. The van der Waals surface area contributed by atoms with Gasteiger partial charge in [-0.1, -0.05) is 133 Å². The van der Waals surface area contributed by atoms with E-state index in [2.05, 4.69) is 179 Å². The van der Waals surface area contributed by atoms with Crippen molar-refractivity contribution in [2.45, 2.75) is 0 Å². The monoisotopic (exact) mass is 745 g/mol. The van der Waals surface area contributed by atoms with Gasteiger partial charge in [0.1, 0.15) is 0 Å². The fourth-order valence-electron chi connectivity index (χ4n) is 8.69. The molecule has 0 aliphatic heterocycles. The van der Waals surface area contributed by atoms with Crippen LogP contribution >= 0.6 is 11.3 Å². The number of benzene rings is 8. The standard InChI is InChI=1S/C51H31N5S/c1-4-16-32(17-5-1)46-47-38-24-11-14-26-42(38)56(43(47)31-40-36-22-10-13-25-41(36)55(48(40)46)35-20-8-3-9-21-35)51-53-49(33-18-6-2-7-19-33)52-50(54-51)34-28-29-45-39(30-34)37-23-12-15-27-44(37)57-45/h1-31H. The van der Waals surface area contributed by atoms with Crippen LogP contribution in [-0.2, 0) is 0 Å². The summed E-state index contributed by atoms with van der Waals surface area (Å²) in [4.78, 5) is 15.9. The zero-order valence-electron chi connectivity index (χ0n) is 30.5. The Labute approximate surface area is 331 Å². The van der Waals surface area contributed by atoms with Gasteiger partial charge in [-0.3, -0.25) is 4.57 Å². The highest BCUT2D eigenvalue weighted by atomic mass is 32.1. The molecule has 4 heterocycles. The fraction of sp³-hybridized carbons (Fsp3) is 0. The van der Waals surface area contributed by atoms with Crippen molar-refractivity contribution in [1.29, 1.82) is 0 Å². The molecule has 12 rings (SSSR count). The van der Waals surface area contributed by atoms with Crippen LogP contribution in [0.4, 0.5) is 0 Å². The molecular formula is C51H31N5S. The molecule has 5 nitrogen and oxygen atoms in total. The summed E-state index contributed by atoms with van der Waals surface area (Å²) in [5.74, 6) is 1.83. The molecular weight excluding hydrogens is 715 g/mol. The highest BCUT2D eigenvalue weighted by molar-refractivity contribution is 7.25. The van der Waals surface area contributed by atoms with Crippen LogP contribution < -0.4 is 0 Å². The first-order chi connectivity index (χ1) is 28.3. The molecule has 0 saturated carbocycles. The first kappa shape index (κ1) is 31.9. The van der Waals surface area contributed by atoms with Crippen molar-refractivity contribution in [1.82, 2.24) is 24.1 Å². The van der Waals surface area contributed by atoms with Crippen LogP contribution in [0.1, 0.15) is 0 Å². The molecule has 0 aliphatic rings. The second kappa shape index (κ2) is 12.6. The number of nitrogens with zero attached hydrogens (tertiary/aromatic N) is 5. The Morgan fingerprint density at radius 2 is 0.947 bits per heavy atom. The maximum absolute atomic E-state index is 5.38. The Morgan fingerprint density at radius 3 is 1.70 bits per heavy atom. The second-order valence-electron chi connectivity index (χ2n) is 14.4. The van der Waals surface area contributed by atoms with E-state index in [0.29, 0.717) is 17.6 Å². The molecule has 8 aromatic carbocycles. The average Bonchev–Trinajstić information content (AvgIpc) is 3.94. The molecule has 266 valence electrons. The fourth-order valence-corrected chi connectivity index (χ4v) is 9.78. The van der Waals surface area contributed by atoms with Crippen molar-refractivity contribution in [3.8, 4) is 45.5 Å². The van der Waals surface area contributed by atoms with E-state index in [0.717, 1.165) is 55.1 Å². The Balaban J connectivity index is 1.22. The van der Waals surface area contributed by atoms with Crippen LogP contribution in [0.2, 0.25) is 0 Å². The summed E-state index contributed by atoms with van der Waals surface area (Å²) >= 11 is 1.81. The third-order valence-electron chi connectivity index (χ3n) is 11.2. The van der Waals surface area contributed by atoms with Gasteiger partial charge in [0, 0.05) is 64.1 Å². The molecule has 4 aromatic heterocycles. The number of para-hydroxylation sites is 3. The van der Waals surface area contributed by atoms with Crippen molar-refractivity contribution in [3.63, 3.8) is 0 Å². The number of aromatic nitrogens is 5. The molecule has 0 fully saturated rings. The summed E-state index contributed by atoms with van der Waals surface area (Å²) in [6, 6.07) is 66.7. The number of fused-ring (bicyclic) bond motifs is 9. The van der Waals surface area contributed by atoms with Gasteiger partial charge in [0.2, 0.25) is 5.95 Å². The Kier molecular flexibility index (Phi) is 7.03. The Bertz CT molecular complexity index is 3510. The van der Waals surface area contributed by atoms with Crippen molar-refractivity contribution in [2.24, 2.45) is 0 Å². The molecule has 0 N–H and O–H groups in total. The molecule has 57 heavy (non-hydrogen) atoms. The third-order valence-corrected chi connectivity index (χ3v) is 12.3. The lowest BCUT2D eigenvalue weighted by atomic mass is 9.96. The predicted octanol–water partition coefficient (Wildman–Crippen LogP) is 13.4. The van der Waals surface area contributed by atoms with Crippen LogP contribution in [0.15, 0.2) is 188 Å². The maximum Gasteiger partial charge on any atom is 0.238 e. The number of hydrogen-bond donors (Lipinski definition) is 0. The van der Waals surface area contributed by atoms with Crippen LogP contribution in [0.5, 0.6) is 0 Å². The van der Waals surface area contributed by atoms with E-state index in [1.807, 2.05) is 29.5 Å². The van der Waals surface area contributed by atoms with E-state index in [1.54, 1.807) is 0 Å². The Morgan fingerprint density at radius 1 is 0.368 bits per heavy atom. The third kappa shape index (κ3) is 4.91. The zero-order valence-corrected chi connectivity index (χ0v) is 31.4. The van der Waals surface area contributed by atoms with Crippen LogP contribution in [0.25, 0.3) is 109 Å². The molecule has 0 amide bonds. The number of rotatable bonds is 5. The quantitative estimate of drug-likeness (QED) is 0.176. The first-order valence-electron chi connectivity index (χ1n) is 19.1. The Hall–Kier alpha value is -7.41. The van der Waals surface area contributed by atoms with Gasteiger partial charge >= 0.3 is 0 Å². The number of thiophene rings is 1. The van der Waals surface area contributed by atoms with Gasteiger partial charge in [0.15, 0.2) is 11.6 Å². The van der Waals surface area contributed by atoms with E-state index >= 15 is 0 Å². The minimum Gasteiger partial charge on any atom is -0.309 e. The minimum absolute atomic E-state index is 0.575. The summed E-state index contributed by atoms with van der Waals surface area (Å²) in [7, 11) is 0. The molecule has 0 radical (unpaired) electrons. The lowest BCUT2D eigenvalue weighted by Crippen LogP contribution is -2.06. The molecule has 0 unspecified atom stereocenters. The summed E-state index contributed by atoms with van der Waals surface area (Å²) in [6.07, 6.45) is 0. The molecule has 6 heteroatoms. The van der Waals surface area contributed by atoms with Crippen molar-refractivity contribution in [2.75, 3.05) is 0 Å². The van der Waals surface area contributed by atoms with Gasteiger partial charge in [0.25, 0.3) is 0 Å². The second-order valence-corrected chi connectivity index (χ2v) is 15.5. The van der Waals surface area contributed by atoms with E-state index in [1.165, 1.54) is 36.6 Å². The van der Waals surface area contributed by atoms with Crippen molar-refractivity contribution >= 4 is 75.1 Å².